The van der Waals surface area contributed by atoms with Gasteiger partial charge in [0.2, 0.25) is 0 Å². The van der Waals surface area contributed by atoms with Crippen molar-refractivity contribution in [3.05, 3.63) is 18.2 Å². The van der Waals surface area contributed by atoms with Crippen molar-refractivity contribution in [3.8, 4) is 5.75 Å². The van der Waals surface area contributed by atoms with Gasteiger partial charge in [-0.25, -0.2) is 4.68 Å². The molecule has 0 saturated carbocycles. The number of aromatic nitrogens is 3. The van der Waals surface area contributed by atoms with Gasteiger partial charge in [0.1, 0.15) is 11.3 Å². The third-order valence-electron chi connectivity index (χ3n) is 3.33. The molecule has 1 fully saturated rings. The summed E-state index contributed by atoms with van der Waals surface area (Å²) in [5.74, 6) is 0.829. The number of fused-ring (bicyclic) bond motifs is 1. The fraction of sp³-hybridized carbons (Fsp3) is 0.500. The van der Waals surface area contributed by atoms with Crippen LogP contribution in [0, 0.1) is 0 Å². The highest BCUT2D eigenvalue weighted by Gasteiger charge is 2.18. The molecule has 0 amide bonds. The molecule has 1 aliphatic heterocycles. The van der Waals surface area contributed by atoms with E-state index in [4.69, 9.17) is 4.74 Å². The van der Waals surface area contributed by atoms with Crippen molar-refractivity contribution in [2.75, 3.05) is 20.2 Å². The van der Waals surface area contributed by atoms with Gasteiger partial charge >= 0.3 is 0 Å². The molecule has 0 radical (unpaired) electrons. The Kier molecular flexibility index (Phi) is 2.68. The summed E-state index contributed by atoms with van der Waals surface area (Å²) in [4.78, 5) is 0. The van der Waals surface area contributed by atoms with Crippen molar-refractivity contribution in [1.29, 1.82) is 0 Å². The molecule has 5 heteroatoms. The highest BCUT2D eigenvalue weighted by Crippen LogP contribution is 2.24. The molecule has 2 heterocycles. The normalized spacial score (nSPS) is 17.5. The van der Waals surface area contributed by atoms with E-state index in [1.165, 1.54) is 0 Å². The average Bonchev–Trinajstić information content (AvgIpc) is 2.82. The number of ether oxygens (including phenoxy) is 1. The lowest BCUT2D eigenvalue weighted by molar-refractivity contribution is 0.345. The van der Waals surface area contributed by atoms with E-state index in [0.717, 1.165) is 42.7 Å². The number of piperidine rings is 1. The lowest BCUT2D eigenvalue weighted by Gasteiger charge is -2.22. The maximum absolute atomic E-state index is 5.19. The molecule has 90 valence electrons. The first-order chi connectivity index (χ1) is 8.38. The zero-order valence-electron chi connectivity index (χ0n) is 9.89. The van der Waals surface area contributed by atoms with Crippen molar-refractivity contribution in [2.45, 2.75) is 18.9 Å². The molecule has 0 bridgehead atoms. The number of nitrogens with zero attached hydrogens (tertiary/aromatic N) is 3. The zero-order valence-corrected chi connectivity index (χ0v) is 9.89. The van der Waals surface area contributed by atoms with Crippen molar-refractivity contribution >= 4 is 11.0 Å². The third-order valence-corrected chi connectivity index (χ3v) is 3.33. The fourth-order valence-corrected chi connectivity index (χ4v) is 2.37. The van der Waals surface area contributed by atoms with Gasteiger partial charge in [-0.1, -0.05) is 5.21 Å². The molecule has 0 aliphatic carbocycles. The minimum atomic E-state index is 0.467. The second kappa shape index (κ2) is 4.33. The van der Waals surface area contributed by atoms with Crippen LogP contribution in [0.1, 0.15) is 18.9 Å². The SMILES string of the molecule is COc1ccc2c(c1)nnn2C1CCNCC1. The van der Waals surface area contributed by atoms with Gasteiger partial charge < -0.3 is 10.1 Å². The van der Waals surface area contributed by atoms with Crippen LogP contribution in [-0.2, 0) is 0 Å². The maximum atomic E-state index is 5.19. The van der Waals surface area contributed by atoms with Crippen molar-refractivity contribution in [2.24, 2.45) is 0 Å². The third kappa shape index (κ3) is 1.86. The maximum Gasteiger partial charge on any atom is 0.121 e. The van der Waals surface area contributed by atoms with Crippen LogP contribution in [0.25, 0.3) is 11.0 Å². The Morgan fingerprint density at radius 3 is 2.94 bits per heavy atom. The lowest BCUT2D eigenvalue weighted by atomic mass is 10.1. The van der Waals surface area contributed by atoms with Gasteiger partial charge in [-0.05, 0) is 38.1 Å². The molecule has 0 atom stereocenters. The van der Waals surface area contributed by atoms with E-state index >= 15 is 0 Å². The molecule has 0 unspecified atom stereocenters. The standard InChI is InChI=1S/C12H16N4O/c1-17-10-2-3-12-11(8-10)14-15-16(12)9-4-6-13-7-5-9/h2-3,8-9,13H,4-7H2,1H3. The Morgan fingerprint density at radius 2 is 2.18 bits per heavy atom. The fourth-order valence-electron chi connectivity index (χ4n) is 2.37. The number of rotatable bonds is 2. The van der Waals surface area contributed by atoms with Crippen molar-refractivity contribution in [1.82, 2.24) is 20.3 Å². The first-order valence-electron chi connectivity index (χ1n) is 5.98. The highest BCUT2D eigenvalue weighted by atomic mass is 16.5. The second-order valence-electron chi connectivity index (χ2n) is 4.37. The topological polar surface area (TPSA) is 52.0 Å². The Balaban J connectivity index is 1.99. The smallest absolute Gasteiger partial charge is 0.121 e. The minimum Gasteiger partial charge on any atom is -0.497 e. The summed E-state index contributed by atoms with van der Waals surface area (Å²) in [7, 11) is 1.67. The molecule has 1 aromatic heterocycles. The van der Waals surface area contributed by atoms with Crippen LogP contribution in [0.5, 0.6) is 5.75 Å². The van der Waals surface area contributed by atoms with Crippen LogP contribution in [0.2, 0.25) is 0 Å². The van der Waals surface area contributed by atoms with E-state index in [2.05, 4.69) is 20.3 Å². The first kappa shape index (κ1) is 10.5. The van der Waals surface area contributed by atoms with Crippen LogP contribution in [-0.4, -0.2) is 35.2 Å². The van der Waals surface area contributed by atoms with Crippen LogP contribution in [0.15, 0.2) is 18.2 Å². The monoisotopic (exact) mass is 232 g/mol. The molecule has 0 spiro atoms. The first-order valence-corrected chi connectivity index (χ1v) is 5.98. The Hall–Kier alpha value is -1.62. The van der Waals surface area contributed by atoms with E-state index in [0.29, 0.717) is 6.04 Å². The van der Waals surface area contributed by atoms with Gasteiger partial charge in [0.05, 0.1) is 18.7 Å². The van der Waals surface area contributed by atoms with Crippen molar-refractivity contribution in [3.63, 3.8) is 0 Å². The summed E-state index contributed by atoms with van der Waals surface area (Å²) >= 11 is 0. The molecule has 1 N–H and O–H groups in total. The number of benzene rings is 1. The number of methoxy groups -OCH3 is 1. The summed E-state index contributed by atoms with van der Waals surface area (Å²) in [6, 6.07) is 6.40. The summed E-state index contributed by atoms with van der Waals surface area (Å²) < 4.78 is 7.24. The summed E-state index contributed by atoms with van der Waals surface area (Å²) in [6.45, 7) is 2.12. The van der Waals surface area contributed by atoms with Crippen LogP contribution < -0.4 is 10.1 Å². The number of hydrogen-bond donors (Lipinski definition) is 1. The molecule has 3 rings (SSSR count). The second-order valence-corrected chi connectivity index (χ2v) is 4.37. The Bertz CT molecular complexity index is 516. The van der Waals surface area contributed by atoms with Gasteiger partial charge in [-0.15, -0.1) is 5.10 Å². The van der Waals surface area contributed by atoms with Crippen LogP contribution in [0.3, 0.4) is 0 Å². The van der Waals surface area contributed by atoms with E-state index in [1.807, 2.05) is 18.2 Å². The minimum absolute atomic E-state index is 0.467. The van der Waals surface area contributed by atoms with E-state index in [9.17, 15) is 0 Å². The quantitative estimate of drug-likeness (QED) is 0.849. The van der Waals surface area contributed by atoms with Gasteiger partial charge in [0.25, 0.3) is 0 Å². The van der Waals surface area contributed by atoms with E-state index < -0.39 is 0 Å². The van der Waals surface area contributed by atoms with Gasteiger partial charge in [-0.3, -0.25) is 0 Å². The number of hydrogen-bond acceptors (Lipinski definition) is 4. The molecular formula is C12H16N4O. The summed E-state index contributed by atoms with van der Waals surface area (Å²) in [6.07, 6.45) is 2.23. The number of nitrogens with one attached hydrogen (secondary N) is 1. The molecule has 1 aromatic carbocycles. The highest BCUT2D eigenvalue weighted by molar-refractivity contribution is 5.76. The molecule has 5 nitrogen and oxygen atoms in total. The van der Waals surface area contributed by atoms with Gasteiger partial charge in [-0.2, -0.15) is 0 Å². The summed E-state index contributed by atoms with van der Waals surface area (Å²) in [5.41, 5.74) is 2.00. The Labute approximate surface area is 99.8 Å². The average molecular weight is 232 g/mol. The zero-order chi connectivity index (χ0) is 11.7. The Morgan fingerprint density at radius 1 is 1.35 bits per heavy atom. The van der Waals surface area contributed by atoms with E-state index in [1.54, 1.807) is 7.11 Å². The van der Waals surface area contributed by atoms with Crippen LogP contribution in [0.4, 0.5) is 0 Å². The van der Waals surface area contributed by atoms with Gasteiger partial charge in [0, 0.05) is 6.07 Å². The van der Waals surface area contributed by atoms with Crippen LogP contribution >= 0.6 is 0 Å². The predicted molar refractivity (Wildman–Crippen MR) is 65.2 cm³/mol. The molecule has 1 saturated heterocycles. The van der Waals surface area contributed by atoms with E-state index in [-0.39, 0.29) is 0 Å². The van der Waals surface area contributed by atoms with Gasteiger partial charge in [0.15, 0.2) is 0 Å². The molecule has 2 aromatic rings. The van der Waals surface area contributed by atoms with Crippen molar-refractivity contribution < 1.29 is 4.74 Å². The summed E-state index contributed by atoms with van der Waals surface area (Å²) in [5, 5.41) is 11.9. The lowest BCUT2D eigenvalue weighted by Crippen LogP contribution is -2.29. The largest absolute Gasteiger partial charge is 0.497 e. The predicted octanol–water partition coefficient (Wildman–Crippen LogP) is 1.36. The molecule has 1 aliphatic rings. The molecular weight excluding hydrogens is 216 g/mol. The molecule has 17 heavy (non-hydrogen) atoms.